The summed E-state index contributed by atoms with van der Waals surface area (Å²) in [5, 5.41) is 16.2. The van der Waals surface area contributed by atoms with Gasteiger partial charge in [0.05, 0.1) is 0 Å². The first-order valence-corrected chi connectivity index (χ1v) is 11.2. The summed E-state index contributed by atoms with van der Waals surface area (Å²) in [6.45, 7) is 3.13. The molecule has 0 bridgehead atoms. The zero-order valence-electron chi connectivity index (χ0n) is 16.6. The zero-order valence-corrected chi connectivity index (χ0v) is 18.3. The Morgan fingerprint density at radius 2 is 1.70 bits per heavy atom. The van der Waals surface area contributed by atoms with Gasteiger partial charge >= 0.3 is 5.97 Å². The normalized spacial score (nSPS) is 19.3. The number of carbonyl (C=O) groups is 3. The molecule has 1 N–H and O–H groups in total. The van der Waals surface area contributed by atoms with Crippen LogP contribution >= 0.6 is 23.5 Å². The van der Waals surface area contributed by atoms with Crippen molar-refractivity contribution in [2.75, 3.05) is 5.75 Å². The van der Waals surface area contributed by atoms with Crippen LogP contribution in [0.2, 0.25) is 0 Å². The van der Waals surface area contributed by atoms with E-state index in [9.17, 15) is 19.5 Å². The number of carboxylic acids is 1. The van der Waals surface area contributed by atoms with Gasteiger partial charge in [-0.3, -0.25) is 9.59 Å². The fraction of sp³-hybridized carbons (Fsp3) is 0.273. The number of rotatable bonds is 7. The summed E-state index contributed by atoms with van der Waals surface area (Å²) < 4.78 is 0. The van der Waals surface area contributed by atoms with Gasteiger partial charge in [-0.25, -0.2) is 9.80 Å². The van der Waals surface area contributed by atoms with E-state index < -0.39 is 22.7 Å². The molecule has 2 atom stereocenters. The van der Waals surface area contributed by atoms with E-state index >= 15 is 0 Å². The van der Waals surface area contributed by atoms with E-state index in [1.54, 1.807) is 6.92 Å². The van der Waals surface area contributed by atoms with Crippen molar-refractivity contribution >= 4 is 45.6 Å². The number of carbonyl (C=O) groups excluding carboxylic acids is 2. The summed E-state index contributed by atoms with van der Waals surface area (Å²) >= 11 is 2.12. The molecule has 1 aliphatic rings. The lowest BCUT2D eigenvalue weighted by atomic mass is 10.0. The van der Waals surface area contributed by atoms with Crippen molar-refractivity contribution in [2.45, 2.75) is 25.1 Å². The number of thioether (sulfide) groups is 2. The van der Waals surface area contributed by atoms with E-state index in [0.717, 1.165) is 39.7 Å². The second kappa shape index (κ2) is 9.49. The van der Waals surface area contributed by atoms with Crippen LogP contribution in [0.25, 0.3) is 0 Å². The van der Waals surface area contributed by atoms with E-state index in [-0.39, 0.29) is 17.3 Å². The number of hydrazone groups is 1. The number of hydrogen-bond acceptors (Lipinski definition) is 6. The molecule has 0 fully saturated rings. The summed E-state index contributed by atoms with van der Waals surface area (Å²) in [5.74, 6) is -1.84. The molecule has 0 aliphatic carbocycles. The number of amides is 1. The zero-order chi connectivity index (χ0) is 21.7. The molecule has 156 valence electrons. The molecule has 8 heteroatoms. The van der Waals surface area contributed by atoms with Gasteiger partial charge in [0.15, 0.2) is 5.12 Å². The van der Waals surface area contributed by atoms with Gasteiger partial charge in [-0.1, -0.05) is 91.1 Å². The lowest BCUT2D eigenvalue weighted by molar-refractivity contribution is -0.153. The maximum atomic E-state index is 13.3. The molecular weight excluding hydrogens is 420 g/mol. The van der Waals surface area contributed by atoms with Gasteiger partial charge in [0.25, 0.3) is 0 Å². The number of carboxylic acid groups (broad SMARTS) is 1. The Morgan fingerprint density at radius 1 is 1.10 bits per heavy atom. The van der Waals surface area contributed by atoms with Crippen LogP contribution in [0.4, 0.5) is 0 Å². The van der Waals surface area contributed by atoms with E-state index in [4.69, 9.17) is 0 Å². The second-order valence-electron chi connectivity index (χ2n) is 6.98. The fourth-order valence-corrected chi connectivity index (χ4v) is 4.90. The van der Waals surface area contributed by atoms with Crippen LogP contribution < -0.4 is 0 Å². The van der Waals surface area contributed by atoms with Crippen molar-refractivity contribution < 1.29 is 19.5 Å². The predicted octanol–water partition coefficient (Wildman–Crippen LogP) is 3.86. The van der Waals surface area contributed by atoms with Crippen LogP contribution in [0.1, 0.15) is 25.0 Å². The SMILES string of the molecule is CC(=O)SC[C@@H](C)C(=O)N1N=C(c2ccccc2)SC1(Cc1ccccc1)C(=O)O. The second-order valence-corrected chi connectivity index (χ2v) is 9.44. The van der Waals surface area contributed by atoms with Crippen LogP contribution in [0.3, 0.4) is 0 Å². The first kappa shape index (κ1) is 22.1. The molecule has 30 heavy (non-hydrogen) atoms. The third-order valence-electron chi connectivity index (χ3n) is 4.61. The maximum Gasteiger partial charge on any atom is 0.343 e. The molecule has 1 unspecified atom stereocenters. The highest BCUT2D eigenvalue weighted by Gasteiger charge is 2.54. The van der Waals surface area contributed by atoms with E-state index in [1.807, 2.05) is 60.7 Å². The molecule has 0 saturated heterocycles. The van der Waals surface area contributed by atoms with Gasteiger partial charge in [0.2, 0.25) is 10.8 Å². The monoisotopic (exact) mass is 442 g/mol. The highest BCUT2D eigenvalue weighted by Crippen LogP contribution is 2.43. The third-order valence-corrected chi connectivity index (χ3v) is 7.02. The van der Waals surface area contributed by atoms with E-state index in [0.29, 0.717) is 5.04 Å². The Labute approximate surface area is 183 Å². The number of nitrogens with zero attached hydrogens (tertiary/aromatic N) is 2. The Morgan fingerprint density at radius 3 is 2.27 bits per heavy atom. The minimum atomic E-state index is -1.60. The largest absolute Gasteiger partial charge is 0.479 e. The van der Waals surface area contributed by atoms with Crippen molar-refractivity contribution in [1.82, 2.24) is 5.01 Å². The van der Waals surface area contributed by atoms with Gasteiger partial charge in [0, 0.05) is 30.6 Å². The minimum absolute atomic E-state index is 0.0901. The Hall–Kier alpha value is -2.58. The van der Waals surface area contributed by atoms with Crippen LogP contribution in [-0.4, -0.2) is 42.8 Å². The average Bonchev–Trinajstić information content (AvgIpc) is 3.13. The highest BCUT2D eigenvalue weighted by molar-refractivity contribution is 8.16. The molecular formula is C22H22N2O4S2. The summed E-state index contributed by atoms with van der Waals surface area (Å²) in [6, 6.07) is 18.4. The highest BCUT2D eigenvalue weighted by atomic mass is 32.2. The first-order chi connectivity index (χ1) is 14.3. The standard InChI is InChI=1S/C22H22N2O4S2/c1-15(14-29-16(2)25)20(26)24-22(21(27)28,13-17-9-5-3-6-10-17)30-19(23-24)18-11-7-4-8-12-18/h3-12,15H,13-14H2,1-2H3,(H,27,28)/t15-,22?/m1/s1. The molecule has 0 saturated carbocycles. The molecule has 1 aliphatic heterocycles. The smallest absolute Gasteiger partial charge is 0.343 e. The van der Waals surface area contributed by atoms with Gasteiger partial charge in [0.1, 0.15) is 5.04 Å². The van der Waals surface area contributed by atoms with Gasteiger partial charge < -0.3 is 5.11 Å². The number of hydrogen-bond donors (Lipinski definition) is 1. The minimum Gasteiger partial charge on any atom is -0.479 e. The maximum absolute atomic E-state index is 13.3. The van der Waals surface area contributed by atoms with Gasteiger partial charge in [-0.15, -0.1) is 0 Å². The molecule has 0 radical (unpaired) electrons. The summed E-state index contributed by atoms with van der Waals surface area (Å²) in [7, 11) is 0. The molecule has 2 aromatic carbocycles. The number of aliphatic carboxylic acids is 1. The first-order valence-electron chi connectivity index (χ1n) is 9.41. The topological polar surface area (TPSA) is 87.0 Å². The lowest BCUT2D eigenvalue weighted by Crippen LogP contribution is -2.53. The fourth-order valence-electron chi connectivity index (χ4n) is 3.04. The van der Waals surface area contributed by atoms with Crippen LogP contribution in [0, 0.1) is 5.92 Å². The van der Waals surface area contributed by atoms with Crippen molar-refractivity contribution in [2.24, 2.45) is 11.0 Å². The van der Waals surface area contributed by atoms with Crippen molar-refractivity contribution in [1.29, 1.82) is 0 Å². The summed E-state index contributed by atoms with van der Waals surface area (Å²) in [6.07, 6.45) is 0.103. The molecule has 1 amide bonds. The van der Waals surface area contributed by atoms with Gasteiger partial charge in [-0.05, 0) is 5.56 Å². The molecule has 1 heterocycles. The molecule has 0 aromatic heterocycles. The molecule has 2 aromatic rings. The molecule has 6 nitrogen and oxygen atoms in total. The molecule has 3 rings (SSSR count). The average molecular weight is 443 g/mol. The van der Waals surface area contributed by atoms with Crippen molar-refractivity contribution in [3.63, 3.8) is 0 Å². The quantitative estimate of drug-likeness (QED) is 0.701. The predicted molar refractivity (Wildman–Crippen MR) is 120 cm³/mol. The van der Waals surface area contributed by atoms with Crippen molar-refractivity contribution in [3.8, 4) is 0 Å². The Kier molecular flexibility index (Phi) is 6.99. The van der Waals surface area contributed by atoms with E-state index in [1.165, 1.54) is 6.92 Å². The van der Waals surface area contributed by atoms with Crippen LogP contribution in [0.15, 0.2) is 65.8 Å². The molecule has 0 spiro atoms. The Balaban J connectivity index is 2.00. The van der Waals surface area contributed by atoms with Gasteiger partial charge in [-0.2, -0.15) is 5.10 Å². The summed E-state index contributed by atoms with van der Waals surface area (Å²) in [4.78, 5) is 35.5. The summed E-state index contributed by atoms with van der Waals surface area (Å²) in [5.41, 5.74) is 1.54. The van der Waals surface area contributed by atoms with E-state index in [2.05, 4.69) is 5.10 Å². The third kappa shape index (κ3) is 4.76. The number of benzene rings is 2. The van der Waals surface area contributed by atoms with Crippen LogP contribution in [0.5, 0.6) is 0 Å². The van der Waals surface area contributed by atoms with Crippen molar-refractivity contribution in [3.05, 3.63) is 71.8 Å². The van der Waals surface area contributed by atoms with Crippen LogP contribution in [-0.2, 0) is 20.8 Å². The Bertz CT molecular complexity index is 966. The lowest BCUT2D eigenvalue weighted by Gasteiger charge is -2.32.